The maximum atomic E-state index is 12.4. The van der Waals surface area contributed by atoms with Crippen molar-refractivity contribution in [2.75, 3.05) is 11.9 Å². The molecular formula is C19H20N2O5S. The zero-order valence-electron chi connectivity index (χ0n) is 14.7. The van der Waals surface area contributed by atoms with Crippen LogP contribution in [0.4, 0.5) is 5.69 Å². The van der Waals surface area contributed by atoms with E-state index in [0.717, 1.165) is 12.8 Å². The highest BCUT2D eigenvalue weighted by molar-refractivity contribution is 7.89. The average molecular weight is 388 g/mol. The number of rotatable bonds is 7. The predicted octanol–water partition coefficient (Wildman–Crippen LogP) is 2.63. The fourth-order valence-corrected chi connectivity index (χ4v) is 3.71. The molecule has 7 nitrogen and oxygen atoms in total. The maximum Gasteiger partial charge on any atom is 0.335 e. The van der Waals surface area contributed by atoms with Crippen LogP contribution in [0.25, 0.3) is 0 Å². The number of carbonyl (C=O) groups excluding carboxylic acids is 1. The first-order valence-electron chi connectivity index (χ1n) is 8.51. The molecule has 0 radical (unpaired) electrons. The van der Waals surface area contributed by atoms with E-state index in [4.69, 9.17) is 5.11 Å². The van der Waals surface area contributed by atoms with Gasteiger partial charge < -0.3 is 10.4 Å². The van der Waals surface area contributed by atoms with Crippen molar-refractivity contribution in [2.24, 2.45) is 5.92 Å². The summed E-state index contributed by atoms with van der Waals surface area (Å²) in [4.78, 5) is 23.6. The number of amides is 1. The van der Waals surface area contributed by atoms with Gasteiger partial charge in [-0.25, -0.2) is 17.9 Å². The molecule has 0 unspecified atom stereocenters. The molecule has 27 heavy (non-hydrogen) atoms. The zero-order valence-corrected chi connectivity index (χ0v) is 15.5. The van der Waals surface area contributed by atoms with E-state index in [1.54, 1.807) is 13.0 Å². The molecule has 3 N–H and O–H groups in total. The van der Waals surface area contributed by atoms with Gasteiger partial charge in [-0.1, -0.05) is 0 Å². The number of aryl methyl sites for hydroxylation is 1. The SMILES string of the molecule is Cc1cc(C(=O)O)cc(C(=O)Nc2ccc(S(=O)(=O)NCC3CC3)cc2)c1. The third kappa shape index (κ3) is 4.93. The summed E-state index contributed by atoms with van der Waals surface area (Å²) in [6.45, 7) is 2.15. The highest BCUT2D eigenvalue weighted by atomic mass is 32.2. The van der Waals surface area contributed by atoms with Crippen molar-refractivity contribution in [3.8, 4) is 0 Å². The highest BCUT2D eigenvalue weighted by Gasteiger charge is 2.24. The number of anilines is 1. The van der Waals surface area contributed by atoms with E-state index < -0.39 is 21.9 Å². The first-order chi connectivity index (χ1) is 12.7. The largest absolute Gasteiger partial charge is 0.478 e. The molecule has 0 saturated heterocycles. The maximum absolute atomic E-state index is 12.4. The molecule has 0 aliphatic heterocycles. The topological polar surface area (TPSA) is 113 Å². The van der Waals surface area contributed by atoms with Crippen molar-refractivity contribution in [1.29, 1.82) is 0 Å². The third-order valence-corrected chi connectivity index (χ3v) is 5.71. The normalized spacial score (nSPS) is 14.0. The number of benzene rings is 2. The molecule has 1 saturated carbocycles. The molecule has 0 heterocycles. The predicted molar refractivity (Wildman–Crippen MR) is 100 cm³/mol. The molecular weight excluding hydrogens is 368 g/mol. The number of hydrogen-bond donors (Lipinski definition) is 3. The van der Waals surface area contributed by atoms with Crippen molar-refractivity contribution >= 4 is 27.6 Å². The van der Waals surface area contributed by atoms with Crippen molar-refractivity contribution in [2.45, 2.75) is 24.7 Å². The van der Waals surface area contributed by atoms with Gasteiger partial charge >= 0.3 is 5.97 Å². The second-order valence-corrected chi connectivity index (χ2v) is 8.43. The van der Waals surface area contributed by atoms with Gasteiger partial charge in [-0.3, -0.25) is 4.79 Å². The van der Waals surface area contributed by atoms with Crippen LogP contribution in [0.5, 0.6) is 0 Å². The van der Waals surface area contributed by atoms with Gasteiger partial charge in [0, 0.05) is 17.8 Å². The van der Waals surface area contributed by atoms with Crippen LogP contribution in [0.2, 0.25) is 0 Å². The quantitative estimate of drug-likeness (QED) is 0.675. The minimum atomic E-state index is -3.56. The van der Waals surface area contributed by atoms with Crippen molar-refractivity contribution in [3.05, 3.63) is 59.2 Å². The first kappa shape index (κ1) is 19.1. The lowest BCUT2D eigenvalue weighted by atomic mass is 10.1. The van der Waals surface area contributed by atoms with Gasteiger partial charge in [-0.15, -0.1) is 0 Å². The molecule has 1 amide bonds. The molecule has 1 aliphatic carbocycles. The standard InChI is InChI=1S/C19H20N2O5S/c1-12-8-14(10-15(9-12)19(23)24)18(22)21-16-4-6-17(7-5-16)27(25,26)20-11-13-2-3-13/h4-10,13,20H,2-3,11H2,1H3,(H,21,22)(H,23,24). The van der Waals surface area contributed by atoms with Crippen LogP contribution in [-0.4, -0.2) is 31.9 Å². The Morgan fingerprint density at radius 1 is 1.07 bits per heavy atom. The lowest BCUT2D eigenvalue weighted by molar-refractivity contribution is 0.0696. The van der Waals surface area contributed by atoms with E-state index in [1.165, 1.54) is 36.4 Å². The van der Waals surface area contributed by atoms with Gasteiger partial charge in [0.05, 0.1) is 10.5 Å². The summed E-state index contributed by atoms with van der Waals surface area (Å²) in [5.41, 5.74) is 1.32. The Morgan fingerprint density at radius 2 is 1.70 bits per heavy atom. The zero-order chi connectivity index (χ0) is 19.6. The van der Waals surface area contributed by atoms with Crippen molar-refractivity contribution < 1.29 is 23.1 Å². The molecule has 0 bridgehead atoms. The summed E-state index contributed by atoms with van der Waals surface area (Å²) < 4.78 is 27.0. The van der Waals surface area contributed by atoms with E-state index in [0.29, 0.717) is 23.7 Å². The second kappa shape index (κ2) is 7.50. The minimum Gasteiger partial charge on any atom is -0.478 e. The number of carboxylic acid groups (broad SMARTS) is 1. The van der Waals surface area contributed by atoms with Crippen molar-refractivity contribution in [1.82, 2.24) is 4.72 Å². The molecule has 0 aromatic heterocycles. The van der Waals surface area contributed by atoms with E-state index in [1.807, 2.05) is 0 Å². The Labute approximate surface area is 157 Å². The molecule has 3 rings (SSSR count). The number of hydrogen-bond acceptors (Lipinski definition) is 4. The third-order valence-electron chi connectivity index (χ3n) is 4.27. The Bertz CT molecular complexity index is 980. The van der Waals surface area contributed by atoms with Crippen LogP contribution >= 0.6 is 0 Å². The number of sulfonamides is 1. The molecule has 2 aromatic rings. The molecule has 2 aromatic carbocycles. The Morgan fingerprint density at radius 3 is 2.30 bits per heavy atom. The van der Waals surface area contributed by atoms with Crippen LogP contribution in [0, 0.1) is 12.8 Å². The number of carbonyl (C=O) groups is 2. The summed E-state index contributed by atoms with van der Waals surface area (Å²) in [7, 11) is -3.56. The van der Waals surface area contributed by atoms with Crippen LogP contribution in [-0.2, 0) is 10.0 Å². The van der Waals surface area contributed by atoms with Gasteiger partial charge in [0.25, 0.3) is 5.91 Å². The van der Waals surface area contributed by atoms with Gasteiger partial charge in [0.1, 0.15) is 0 Å². The molecule has 0 atom stereocenters. The molecule has 8 heteroatoms. The van der Waals surface area contributed by atoms with Gasteiger partial charge in [0.2, 0.25) is 10.0 Å². The van der Waals surface area contributed by atoms with E-state index >= 15 is 0 Å². The van der Waals surface area contributed by atoms with E-state index in [-0.39, 0.29) is 16.0 Å². The Kier molecular flexibility index (Phi) is 5.29. The Hall–Kier alpha value is -2.71. The lowest BCUT2D eigenvalue weighted by Crippen LogP contribution is -2.25. The number of nitrogens with one attached hydrogen (secondary N) is 2. The fourth-order valence-electron chi connectivity index (χ4n) is 2.59. The summed E-state index contributed by atoms with van der Waals surface area (Å²) in [6, 6.07) is 10.2. The van der Waals surface area contributed by atoms with Crippen LogP contribution < -0.4 is 10.0 Å². The van der Waals surface area contributed by atoms with Crippen LogP contribution in [0.15, 0.2) is 47.4 Å². The average Bonchev–Trinajstić information content (AvgIpc) is 3.44. The summed E-state index contributed by atoms with van der Waals surface area (Å²) in [5.74, 6) is -1.15. The lowest BCUT2D eigenvalue weighted by Gasteiger charge is -2.09. The van der Waals surface area contributed by atoms with Gasteiger partial charge in [-0.2, -0.15) is 0 Å². The summed E-state index contributed by atoms with van der Waals surface area (Å²) >= 11 is 0. The van der Waals surface area contributed by atoms with Crippen LogP contribution in [0.3, 0.4) is 0 Å². The van der Waals surface area contributed by atoms with Gasteiger partial charge in [0.15, 0.2) is 0 Å². The molecule has 142 valence electrons. The minimum absolute atomic E-state index is 0.0309. The number of carboxylic acids is 1. The summed E-state index contributed by atoms with van der Waals surface area (Å²) in [5, 5.41) is 11.7. The first-order valence-corrected chi connectivity index (χ1v) is 9.99. The molecule has 0 spiro atoms. The molecule has 1 fully saturated rings. The van der Waals surface area contributed by atoms with E-state index in [2.05, 4.69) is 10.0 Å². The molecule has 1 aliphatic rings. The number of aromatic carboxylic acids is 1. The Balaban J connectivity index is 1.70. The highest BCUT2D eigenvalue weighted by Crippen LogP contribution is 2.28. The monoisotopic (exact) mass is 388 g/mol. The van der Waals surface area contributed by atoms with Crippen LogP contribution in [0.1, 0.15) is 39.1 Å². The fraction of sp³-hybridized carbons (Fsp3) is 0.263. The summed E-state index contributed by atoms with van der Waals surface area (Å²) in [6.07, 6.45) is 2.10. The smallest absolute Gasteiger partial charge is 0.335 e. The van der Waals surface area contributed by atoms with Crippen molar-refractivity contribution in [3.63, 3.8) is 0 Å². The van der Waals surface area contributed by atoms with Gasteiger partial charge in [-0.05, 0) is 73.7 Å². The van der Waals surface area contributed by atoms with E-state index in [9.17, 15) is 18.0 Å². The second-order valence-electron chi connectivity index (χ2n) is 6.67.